The van der Waals surface area contributed by atoms with Gasteiger partial charge in [-0.2, -0.15) is 0 Å². The molecule has 3 rings (SSSR count). The minimum Gasteiger partial charge on any atom is -0.366 e. The van der Waals surface area contributed by atoms with Crippen molar-refractivity contribution in [1.82, 2.24) is 0 Å². The van der Waals surface area contributed by atoms with Crippen molar-refractivity contribution in [2.75, 3.05) is 28.2 Å². The van der Waals surface area contributed by atoms with E-state index in [4.69, 9.17) is 0 Å². The van der Waals surface area contributed by atoms with E-state index in [0.717, 1.165) is 23.6 Å². The SMILES string of the molecule is CCN1c2ccccc2N(C(=O)Nc2ccccc2)CC1C. The monoisotopic (exact) mass is 295 g/mol. The number of rotatable bonds is 2. The van der Waals surface area contributed by atoms with Crippen LogP contribution in [0.3, 0.4) is 0 Å². The predicted molar refractivity (Wildman–Crippen MR) is 91.7 cm³/mol. The van der Waals surface area contributed by atoms with Crippen LogP contribution in [-0.4, -0.2) is 25.2 Å². The van der Waals surface area contributed by atoms with Gasteiger partial charge in [0.1, 0.15) is 0 Å². The zero-order chi connectivity index (χ0) is 15.5. The van der Waals surface area contributed by atoms with Gasteiger partial charge < -0.3 is 10.2 Å². The van der Waals surface area contributed by atoms with Gasteiger partial charge in [-0.1, -0.05) is 30.3 Å². The van der Waals surface area contributed by atoms with Gasteiger partial charge in [0.15, 0.2) is 0 Å². The van der Waals surface area contributed by atoms with Crippen LogP contribution >= 0.6 is 0 Å². The second-order valence-corrected chi connectivity index (χ2v) is 5.53. The van der Waals surface area contributed by atoms with Crippen molar-refractivity contribution in [2.24, 2.45) is 0 Å². The third-order valence-corrected chi connectivity index (χ3v) is 4.07. The lowest BCUT2D eigenvalue weighted by Crippen LogP contribution is -2.50. The molecule has 1 unspecified atom stereocenters. The third kappa shape index (κ3) is 2.64. The summed E-state index contributed by atoms with van der Waals surface area (Å²) in [6, 6.07) is 17.9. The van der Waals surface area contributed by atoms with E-state index in [1.54, 1.807) is 0 Å². The second kappa shape index (κ2) is 6.10. The van der Waals surface area contributed by atoms with E-state index in [0.29, 0.717) is 12.6 Å². The molecule has 114 valence electrons. The molecule has 1 aliphatic heterocycles. The maximum absolute atomic E-state index is 12.7. The molecule has 2 aromatic rings. The number of fused-ring (bicyclic) bond motifs is 1. The van der Waals surface area contributed by atoms with E-state index in [-0.39, 0.29) is 6.03 Å². The first-order valence-corrected chi connectivity index (χ1v) is 7.70. The highest BCUT2D eigenvalue weighted by atomic mass is 16.2. The molecule has 0 aliphatic carbocycles. The summed E-state index contributed by atoms with van der Waals surface area (Å²) < 4.78 is 0. The zero-order valence-corrected chi connectivity index (χ0v) is 13.0. The molecule has 0 aromatic heterocycles. The van der Waals surface area contributed by atoms with Gasteiger partial charge >= 0.3 is 6.03 Å². The van der Waals surface area contributed by atoms with Gasteiger partial charge in [0.2, 0.25) is 0 Å². The van der Waals surface area contributed by atoms with Gasteiger partial charge in [0.05, 0.1) is 11.4 Å². The molecule has 0 bridgehead atoms. The van der Waals surface area contributed by atoms with Crippen LogP contribution in [0.25, 0.3) is 0 Å². The van der Waals surface area contributed by atoms with Crippen LogP contribution < -0.4 is 15.1 Å². The number of urea groups is 1. The lowest BCUT2D eigenvalue weighted by Gasteiger charge is -2.41. The Bertz CT molecular complexity index is 656. The van der Waals surface area contributed by atoms with E-state index in [1.165, 1.54) is 0 Å². The minimum atomic E-state index is -0.0822. The number of hydrogen-bond donors (Lipinski definition) is 1. The summed E-state index contributed by atoms with van der Waals surface area (Å²) >= 11 is 0. The summed E-state index contributed by atoms with van der Waals surface area (Å²) in [6.45, 7) is 5.92. The lowest BCUT2D eigenvalue weighted by atomic mass is 10.1. The number of para-hydroxylation sites is 3. The van der Waals surface area contributed by atoms with Crippen LogP contribution in [-0.2, 0) is 0 Å². The average Bonchev–Trinajstić information content (AvgIpc) is 2.55. The molecule has 0 spiro atoms. The van der Waals surface area contributed by atoms with E-state index in [2.05, 4.69) is 30.1 Å². The van der Waals surface area contributed by atoms with Crippen molar-refractivity contribution in [3.05, 3.63) is 54.6 Å². The number of benzene rings is 2. The molecular formula is C18H21N3O. The number of carbonyl (C=O) groups is 1. The predicted octanol–water partition coefficient (Wildman–Crippen LogP) is 3.95. The van der Waals surface area contributed by atoms with Crippen molar-refractivity contribution in [2.45, 2.75) is 19.9 Å². The van der Waals surface area contributed by atoms with Crippen molar-refractivity contribution in [3.63, 3.8) is 0 Å². The van der Waals surface area contributed by atoms with Crippen LogP contribution in [0.2, 0.25) is 0 Å². The zero-order valence-electron chi connectivity index (χ0n) is 13.0. The maximum Gasteiger partial charge on any atom is 0.326 e. The molecule has 0 saturated carbocycles. The Morgan fingerprint density at radius 2 is 1.73 bits per heavy atom. The Morgan fingerprint density at radius 1 is 1.09 bits per heavy atom. The molecule has 0 fully saturated rings. The Labute approximate surface area is 131 Å². The summed E-state index contributed by atoms with van der Waals surface area (Å²) in [6.07, 6.45) is 0. The first kappa shape index (κ1) is 14.4. The number of amides is 2. The maximum atomic E-state index is 12.7. The fourth-order valence-corrected chi connectivity index (χ4v) is 3.02. The first-order chi connectivity index (χ1) is 10.7. The summed E-state index contributed by atoms with van der Waals surface area (Å²) in [5.41, 5.74) is 2.90. The van der Waals surface area contributed by atoms with Gasteiger partial charge in [-0.25, -0.2) is 4.79 Å². The van der Waals surface area contributed by atoms with E-state index < -0.39 is 0 Å². The Hall–Kier alpha value is -2.49. The van der Waals surface area contributed by atoms with Crippen LogP contribution in [0.1, 0.15) is 13.8 Å². The fraction of sp³-hybridized carbons (Fsp3) is 0.278. The summed E-state index contributed by atoms with van der Waals surface area (Å²) in [7, 11) is 0. The highest BCUT2D eigenvalue weighted by molar-refractivity contribution is 6.04. The molecule has 1 atom stereocenters. The summed E-state index contributed by atoms with van der Waals surface area (Å²) in [5, 5.41) is 2.97. The number of carbonyl (C=O) groups excluding carboxylic acids is 1. The largest absolute Gasteiger partial charge is 0.366 e. The van der Waals surface area contributed by atoms with Crippen LogP contribution in [0.4, 0.5) is 21.9 Å². The van der Waals surface area contributed by atoms with E-state index >= 15 is 0 Å². The van der Waals surface area contributed by atoms with Crippen LogP contribution in [0, 0.1) is 0 Å². The molecule has 1 heterocycles. The molecule has 2 amide bonds. The third-order valence-electron chi connectivity index (χ3n) is 4.07. The molecule has 4 heteroatoms. The van der Waals surface area contributed by atoms with Crippen molar-refractivity contribution < 1.29 is 4.79 Å². The number of anilines is 3. The topological polar surface area (TPSA) is 35.6 Å². The highest BCUT2D eigenvalue weighted by Gasteiger charge is 2.30. The van der Waals surface area contributed by atoms with Crippen LogP contribution in [0.5, 0.6) is 0 Å². The molecule has 0 saturated heterocycles. The van der Waals surface area contributed by atoms with Gasteiger partial charge in [-0.3, -0.25) is 4.90 Å². The molecule has 22 heavy (non-hydrogen) atoms. The van der Waals surface area contributed by atoms with Gasteiger partial charge in [0, 0.05) is 24.8 Å². The Kier molecular flexibility index (Phi) is 4.00. The molecular weight excluding hydrogens is 274 g/mol. The lowest BCUT2D eigenvalue weighted by molar-refractivity contribution is 0.256. The number of nitrogens with zero attached hydrogens (tertiary/aromatic N) is 2. The number of likely N-dealkylation sites (N-methyl/N-ethyl adjacent to an activating group) is 1. The smallest absolute Gasteiger partial charge is 0.326 e. The number of nitrogens with one attached hydrogen (secondary N) is 1. The summed E-state index contributed by atoms with van der Waals surface area (Å²) in [5.74, 6) is 0. The second-order valence-electron chi connectivity index (χ2n) is 5.53. The van der Waals surface area contributed by atoms with Gasteiger partial charge in [0.25, 0.3) is 0 Å². The normalized spacial score (nSPS) is 17.1. The average molecular weight is 295 g/mol. The fourth-order valence-electron chi connectivity index (χ4n) is 3.02. The van der Waals surface area contributed by atoms with Crippen molar-refractivity contribution >= 4 is 23.1 Å². The van der Waals surface area contributed by atoms with Crippen LogP contribution in [0.15, 0.2) is 54.6 Å². The molecule has 1 N–H and O–H groups in total. The summed E-state index contributed by atoms with van der Waals surface area (Å²) in [4.78, 5) is 16.8. The number of hydrogen-bond acceptors (Lipinski definition) is 2. The highest BCUT2D eigenvalue weighted by Crippen LogP contribution is 2.35. The Morgan fingerprint density at radius 3 is 2.41 bits per heavy atom. The quantitative estimate of drug-likeness (QED) is 0.910. The molecule has 0 radical (unpaired) electrons. The molecule has 1 aliphatic rings. The Balaban J connectivity index is 1.89. The molecule has 2 aromatic carbocycles. The first-order valence-electron chi connectivity index (χ1n) is 7.70. The van der Waals surface area contributed by atoms with Crippen molar-refractivity contribution in [3.8, 4) is 0 Å². The minimum absolute atomic E-state index is 0.0822. The van der Waals surface area contributed by atoms with E-state index in [9.17, 15) is 4.79 Å². The van der Waals surface area contributed by atoms with Gasteiger partial charge in [-0.15, -0.1) is 0 Å². The molecule has 4 nitrogen and oxygen atoms in total. The van der Waals surface area contributed by atoms with E-state index in [1.807, 2.05) is 53.4 Å². The van der Waals surface area contributed by atoms with Crippen molar-refractivity contribution in [1.29, 1.82) is 0 Å². The standard InChI is InChI=1S/C18H21N3O/c1-3-20-14(2)13-21(17-12-8-7-11-16(17)20)18(22)19-15-9-5-4-6-10-15/h4-12,14H,3,13H2,1-2H3,(H,19,22). The van der Waals surface area contributed by atoms with Gasteiger partial charge in [-0.05, 0) is 38.1 Å².